The summed E-state index contributed by atoms with van der Waals surface area (Å²) in [6, 6.07) is 5.53. The quantitative estimate of drug-likeness (QED) is 0.536. The van der Waals surface area contributed by atoms with Gasteiger partial charge in [-0.05, 0) is 17.7 Å². The number of hydrogen-bond acceptors (Lipinski definition) is 4. The molecule has 78 valence electrons. The highest BCUT2D eigenvalue weighted by Crippen LogP contribution is 2.20. The molecule has 0 aliphatic carbocycles. The van der Waals surface area contributed by atoms with Gasteiger partial charge in [0.1, 0.15) is 0 Å². The summed E-state index contributed by atoms with van der Waals surface area (Å²) in [5, 5.41) is 8.43. The predicted octanol–water partition coefficient (Wildman–Crippen LogP) is 0.897. The van der Waals surface area contributed by atoms with Crippen LogP contribution < -0.4 is 0 Å². The van der Waals surface area contributed by atoms with Crippen LogP contribution in [0.5, 0.6) is 0 Å². The summed E-state index contributed by atoms with van der Waals surface area (Å²) in [4.78, 5) is -0.167. The molecular formula is C8H10O4S2. The minimum absolute atomic E-state index is 0.131. The number of thiol groups is 1. The molecule has 1 unspecified atom stereocenters. The molecule has 0 radical (unpaired) electrons. The molecule has 0 bridgehead atoms. The Balaban J connectivity index is 3.01. The SMILES string of the molecule is O=S(=O)(O)c1ccc(C(S)CO)cc1. The number of benzene rings is 1. The molecule has 0 aromatic heterocycles. The Bertz CT molecular complexity index is 396. The molecule has 1 atom stereocenters. The Labute approximate surface area is 87.7 Å². The summed E-state index contributed by atoms with van der Waals surface area (Å²) in [6.07, 6.45) is 0. The number of hydrogen-bond donors (Lipinski definition) is 3. The lowest BCUT2D eigenvalue weighted by Crippen LogP contribution is -2.00. The van der Waals surface area contributed by atoms with Crippen molar-refractivity contribution in [1.82, 2.24) is 0 Å². The van der Waals surface area contributed by atoms with E-state index in [1.165, 1.54) is 24.3 Å². The Hall–Kier alpha value is -0.560. The van der Waals surface area contributed by atoms with Gasteiger partial charge in [-0.25, -0.2) is 0 Å². The fourth-order valence-corrected chi connectivity index (χ4v) is 1.62. The third kappa shape index (κ3) is 2.71. The van der Waals surface area contributed by atoms with Gasteiger partial charge in [0.05, 0.1) is 11.5 Å². The summed E-state index contributed by atoms with van der Waals surface area (Å²) in [5.74, 6) is 0. The van der Waals surface area contributed by atoms with E-state index >= 15 is 0 Å². The fraction of sp³-hybridized carbons (Fsp3) is 0.250. The number of rotatable bonds is 3. The van der Waals surface area contributed by atoms with Gasteiger partial charge < -0.3 is 5.11 Å². The first-order valence-corrected chi connectivity index (χ1v) is 5.77. The highest BCUT2D eigenvalue weighted by atomic mass is 32.2. The van der Waals surface area contributed by atoms with Crippen molar-refractivity contribution in [2.45, 2.75) is 10.1 Å². The van der Waals surface area contributed by atoms with Crippen LogP contribution in [0.2, 0.25) is 0 Å². The van der Waals surface area contributed by atoms with Crippen molar-refractivity contribution in [2.75, 3.05) is 6.61 Å². The molecule has 14 heavy (non-hydrogen) atoms. The van der Waals surface area contributed by atoms with Crippen LogP contribution in [0.25, 0.3) is 0 Å². The van der Waals surface area contributed by atoms with Gasteiger partial charge in [-0.2, -0.15) is 21.0 Å². The van der Waals surface area contributed by atoms with Gasteiger partial charge in [-0.15, -0.1) is 0 Å². The maximum atomic E-state index is 10.7. The van der Waals surface area contributed by atoms with Crippen molar-refractivity contribution in [1.29, 1.82) is 0 Å². The largest absolute Gasteiger partial charge is 0.395 e. The Morgan fingerprint density at radius 3 is 2.14 bits per heavy atom. The smallest absolute Gasteiger partial charge is 0.294 e. The maximum Gasteiger partial charge on any atom is 0.294 e. The first-order valence-electron chi connectivity index (χ1n) is 3.81. The molecule has 0 heterocycles. The van der Waals surface area contributed by atoms with Crippen molar-refractivity contribution in [3.63, 3.8) is 0 Å². The molecule has 2 N–H and O–H groups in total. The van der Waals surface area contributed by atoms with Crippen LogP contribution in [0.4, 0.5) is 0 Å². The molecular weight excluding hydrogens is 224 g/mol. The van der Waals surface area contributed by atoms with Crippen LogP contribution in [0, 0.1) is 0 Å². The van der Waals surface area contributed by atoms with E-state index in [4.69, 9.17) is 9.66 Å². The first-order chi connectivity index (χ1) is 6.45. The summed E-state index contributed by atoms with van der Waals surface area (Å²) < 4.78 is 30.0. The Kier molecular flexibility index (Phi) is 3.54. The van der Waals surface area contributed by atoms with E-state index in [2.05, 4.69) is 12.6 Å². The van der Waals surface area contributed by atoms with Gasteiger partial charge in [0.2, 0.25) is 0 Å². The number of aliphatic hydroxyl groups excluding tert-OH is 1. The van der Waals surface area contributed by atoms with Crippen molar-refractivity contribution >= 4 is 22.7 Å². The number of aliphatic hydroxyl groups is 1. The molecule has 0 saturated heterocycles. The molecule has 0 aliphatic rings. The highest BCUT2D eigenvalue weighted by molar-refractivity contribution is 7.85. The van der Waals surface area contributed by atoms with Gasteiger partial charge in [-0.1, -0.05) is 12.1 Å². The van der Waals surface area contributed by atoms with E-state index in [1.807, 2.05) is 0 Å². The van der Waals surface area contributed by atoms with Gasteiger partial charge in [0.15, 0.2) is 0 Å². The summed E-state index contributed by atoms with van der Waals surface area (Å²) in [5.41, 5.74) is 0.697. The van der Waals surface area contributed by atoms with E-state index in [0.29, 0.717) is 5.56 Å². The zero-order chi connectivity index (χ0) is 10.8. The van der Waals surface area contributed by atoms with Crippen LogP contribution in [-0.4, -0.2) is 24.7 Å². The standard InChI is InChI=1S/C8H10O4S2/c9-5-8(13)6-1-3-7(4-2-6)14(10,11)12/h1-4,8-9,13H,5H2,(H,10,11,12). The van der Waals surface area contributed by atoms with Crippen LogP contribution in [0.3, 0.4) is 0 Å². The highest BCUT2D eigenvalue weighted by Gasteiger charge is 2.10. The van der Waals surface area contributed by atoms with Gasteiger partial charge in [0.25, 0.3) is 10.1 Å². The predicted molar refractivity (Wildman–Crippen MR) is 55.1 cm³/mol. The molecule has 4 nitrogen and oxygen atoms in total. The monoisotopic (exact) mass is 234 g/mol. The van der Waals surface area contributed by atoms with E-state index < -0.39 is 10.1 Å². The molecule has 1 aromatic carbocycles. The molecule has 1 rings (SSSR count). The molecule has 0 amide bonds. The summed E-state index contributed by atoms with van der Waals surface area (Å²) >= 11 is 4.06. The Morgan fingerprint density at radius 2 is 1.79 bits per heavy atom. The molecule has 0 saturated carbocycles. The normalized spacial score (nSPS) is 13.9. The van der Waals surface area contributed by atoms with Crippen LogP contribution in [-0.2, 0) is 10.1 Å². The molecule has 6 heteroatoms. The second kappa shape index (κ2) is 4.31. The second-order valence-corrected chi connectivity index (χ2v) is 4.79. The fourth-order valence-electron chi connectivity index (χ4n) is 0.967. The topological polar surface area (TPSA) is 74.6 Å². The average Bonchev–Trinajstić information content (AvgIpc) is 2.15. The summed E-state index contributed by atoms with van der Waals surface area (Å²) in [6.45, 7) is -0.131. The van der Waals surface area contributed by atoms with E-state index in [-0.39, 0.29) is 16.8 Å². The molecule has 0 aliphatic heterocycles. The van der Waals surface area contributed by atoms with Crippen molar-refractivity contribution in [3.8, 4) is 0 Å². The Morgan fingerprint density at radius 1 is 1.29 bits per heavy atom. The van der Waals surface area contributed by atoms with Gasteiger partial charge in [0, 0.05) is 5.25 Å². The summed E-state index contributed by atoms with van der Waals surface area (Å²) in [7, 11) is -4.14. The van der Waals surface area contributed by atoms with Crippen molar-refractivity contribution in [3.05, 3.63) is 29.8 Å². The second-order valence-electron chi connectivity index (χ2n) is 2.74. The third-order valence-electron chi connectivity index (χ3n) is 1.74. The van der Waals surface area contributed by atoms with Gasteiger partial charge in [-0.3, -0.25) is 4.55 Å². The van der Waals surface area contributed by atoms with Crippen LogP contribution in [0.15, 0.2) is 29.2 Å². The van der Waals surface area contributed by atoms with Crippen LogP contribution in [0.1, 0.15) is 10.8 Å². The lowest BCUT2D eigenvalue weighted by atomic mass is 10.1. The minimum atomic E-state index is -4.14. The molecule has 0 fully saturated rings. The minimum Gasteiger partial charge on any atom is -0.395 e. The third-order valence-corrected chi connectivity index (χ3v) is 3.06. The van der Waals surface area contributed by atoms with E-state index in [1.54, 1.807) is 0 Å². The zero-order valence-electron chi connectivity index (χ0n) is 7.16. The van der Waals surface area contributed by atoms with Crippen molar-refractivity contribution in [2.24, 2.45) is 0 Å². The average molecular weight is 234 g/mol. The van der Waals surface area contributed by atoms with E-state index in [0.717, 1.165) is 0 Å². The zero-order valence-corrected chi connectivity index (χ0v) is 8.87. The van der Waals surface area contributed by atoms with Crippen LogP contribution >= 0.6 is 12.6 Å². The first kappa shape index (κ1) is 11.5. The maximum absolute atomic E-state index is 10.7. The van der Waals surface area contributed by atoms with Crippen molar-refractivity contribution < 1.29 is 18.1 Å². The van der Waals surface area contributed by atoms with Gasteiger partial charge >= 0.3 is 0 Å². The molecule has 1 aromatic rings. The lowest BCUT2D eigenvalue weighted by Gasteiger charge is -2.07. The lowest BCUT2D eigenvalue weighted by molar-refractivity contribution is 0.297. The van der Waals surface area contributed by atoms with E-state index in [9.17, 15) is 8.42 Å². The molecule has 0 spiro atoms.